The quantitative estimate of drug-likeness (QED) is 0.338. The molecule has 1 aromatic carbocycles. The van der Waals surface area contributed by atoms with Gasteiger partial charge in [-0.25, -0.2) is 4.99 Å². The summed E-state index contributed by atoms with van der Waals surface area (Å²) in [5.74, 6) is 0.822. The van der Waals surface area contributed by atoms with Gasteiger partial charge in [-0.05, 0) is 31.5 Å². The first-order valence-corrected chi connectivity index (χ1v) is 9.65. The predicted molar refractivity (Wildman–Crippen MR) is 125 cm³/mol. The summed E-state index contributed by atoms with van der Waals surface area (Å²) in [5.41, 5.74) is 1.76. The normalized spacial score (nSPS) is 16.1. The van der Waals surface area contributed by atoms with Gasteiger partial charge in [-0.2, -0.15) is 0 Å². The van der Waals surface area contributed by atoms with Crippen LogP contribution in [-0.2, 0) is 11.3 Å². The van der Waals surface area contributed by atoms with Crippen LogP contribution in [0.3, 0.4) is 0 Å². The molecule has 1 saturated heterocycles. The van der Waals surface area contributed by atoms with E-state index in [1.165, 1.54) is 0 Å². The van der Waals surface area contributed by atoms with Gasteiger partial charge in [0.15, 0.2) is 5.96 Å². The van der Waals surface area contributed by atoms with Crippen molar-refractivity contribution < 1.29 is 9.53 Å². The lowest BCUT2D eigenvalue weighted by Crippen LogP contribution is -2.49. The molecule has 1 fully saturated rings. The van der Waals surface area contributed by atoms with Crippen molar-refractivity contribution in [2.45, 2.75) is 26.4 Å². The number of ether oxygens (including phenoxy) is 1. The van der Waals surface area contributed by atoms with Crippen molar-refractivity contribution in [1.29, 1.82) is 0 Å². The Hall–Kier alpha value is -1.39. The highest BCUT2D eigenvalue weighted by Gasteiger charge is 2.17. The van der Waals surface area contributed by atoms with E-state index >= 15 is 0 Å². The zero-order chi connectivity index (χ0) is 19.6. The number of hydrogen-bond acceptors (Lipinski definition) is 4. The van der Waals surface area contributed by atoms with Gasteiger partial charge in [0.1, 0.15) is 0 Å². The van der Waals surface area contributed by atoms with Crippen LogP contribution in [0.25, 0.3) is 0 Å². The highest BCUT2D eigenvalue weighted by Crippen LogP contribution is 2.08. The number of carbonyl (C=O) groups excluding carboxylic acids is 1. The summed E-state index contributed by atoms with van der Waals surface area (Å²) < 4.78 is 5.42. The van der Waals surface area contributed by atoms with Gasteiger partial charge in [0, 0.05) is 51.9 Å². The van der Waals surface area contributed by atoms with Gasteiger partial charge >= 0.3 is 0 Å². The SMILES string of the molecule is CCNC(=NCc1ccc(C(=O)N(C)C)cc1)NCC(C)N1CCOCC1.I. The summed E-state index contributed by atoms with van der Waals surface area (Å²) in [4.78, 5) is 20.6. The van der Waals surface area contributed by atoms with Crippen LogP contribution in [0.1, 0.15) is 29.8 Å². The fourth-order valence-electron chi connectivity index (χ4n) is 2.91. The summed E-state index contributed by atoms with van der Waals surface area (Å²) in [6.07, 6.45) is 0. The van der Waals surface area contributed by atoms with Gasteiger partial charge in [-0.1, -0.05) is 12.1 Å². The van der Waals surface area contributed by atoms with Crippen LogP contribution >= 0.6 is 24.0 Å². The average Bonchev–Trinajstić information content (AvgIpc) is 2.70. The molecule has 1 amide bonds. The van der Waals surface area contributed by atoms with E-state index in [0.717, 1.165) is 50.9 Å². The van der Waals surface area contributed by atoms with Gasteiger partial charge < -0.3 is 20.3 Å². The summed E-state index contributed by atoms with van der Waals surface area (Å²) in [5, 5.41) is 6.72. The van der Waals surface area contributed by atoms with E-state index in [1.807, 2.05) is 24.3 Å². The standard InChI is InChI=1S/C20H33N5O2.HI/c1-5-21-20(22-14-16(2)25-10-12-27-13-11-25)23-15-17-6-8-18(9-7-17)19(26)24(3)4;/h6-9,16H,5,10-15H2,1-4H3,(H2,21,22,23);1H. The Balaban J connectivity index is 0.00000392. The maximum atomic E-state index is 12.0. The second-order valence-corrected chi connectivity index (χ2v) is 6.97. The third-order valence-corrected chi connectivity index (χ3v) is 4.60. The molecule has 0 radical (unpaired) electrons. The van der Waals surface area contributed by atoms with Crippen molar-refractivity contribution in [2.75, 3.05) is 53.5 Å². The van der Waals surface area contributed by atoms with Crippen molar-refractivity contribution in [2.24, 2.45) is 4.99 Å². The molecule has 2 N–H and O–H groups in total. The van der Waals surface area contributed by atoms with Crippen molar-refractivity contribution in [3.05, 3.63) is 35.4 Å². The minimum absolute atomic E-state index is 0. The van der Waals surface area contributed by atoms with Crippen LogP contribution in [-0.4, -0.2) is 81.2 Å². The number of nitrogens with one attached hydrogen (secondary N) is 2. The molecule has 1 aliphatic heterocycles. The van der Waals surface area contributed by atoms with E-state index in [9.17, 15) is 4.79 Å². The molecule has 1 unspecified atom stereocenters. The molecule has 1 aliphatic rings. The molecule has 1 heterocycles. The van der Waals surface area contributed by atoms with Crippen molar-refractivity contribution >= 4 is 35.8 Å². The van der Waals surface area contributed by atoms with Crippen molar-refractivity contribution in [3.63, 3.8) is 0 Å². The lowest BCUT2D eigenvalue weighted by Gasteiger charge is -2.32. The van der Waals surface area contributed by atoms with Gasteiger partial charge in [-0.3, -0.25) is 9.69 Å². The minimum atomic E-state index is 0. The summed E-state index contributed by atoms with van der Waals surface area (Å²) in [6, 6.07) is 8.05. The number of aliphatic imine (C=N–C) groups is 1. The fraction of sp³-hybridized carbons (Fsp3) is 0.600. The van der Waals surface area contributed by atoms with Crippen LogP contribution in [0.4, 0.5) is 0 Å². The maximum absolute atomic E-state index is 12.0. The topological polar surface area (TPSA) is 69.2 Å². The first kappa shape index (κ1) is 24.6. The minimum Gasteiger partial charge on any atom is -0.379 e. The van der Waals surface area contributed by atoms with Crippen LogP contribution < -0.4 is 10.6 Å². The third-order valence-electron chi connectivity index (χ3n) is 4.60. The molecule has 28 heavy (non-hydrogen) atoms. The molecule has 0 aliphatic carbocycles. The first-order chi connectivity index (χ1) is 13.0. The number of carbonyl (C=O) groups is 1. The molecule has 1 aromatic rings. The Morgan fingerprint density at radius 1 is 1.21 bits per heavy atom. The largest absolute Gasteiger partial charge is 0.379 e. The molecule has 2 rings (SSSR count). The Morgan fingerprint density at radius 2 is 1.86 bits per heavy atom. The van der Waals surface area contributed by atoms with E-state index in [0.29, 0.717) is 18.2 Å². The van der Waals surface area contributed by atoms with E-state index in [1.54, 1.807) is 19.0 Å². The molecule has 0 spiro atoms. The molecule has 7 nitrogen and oxygen atoms in total. The highest BCUT2D eigenvalue weighted by molar-refractivity contribution is 14.0. The van der Waals surface area contributed by atoms with Crippen molar-refractivity contribution in [1.82, 2.24) is 20.4 Å². The van der Waals surface area contributed by atoms with Crippen LogP contribution in [0.2, 0.25) is 0 Å². The van der Waals surface area contributed by atoms with E-state index in [4.69, 9.17) is 4.74 Å². The van der Waals surface area contributed by atoms with Gasteiger partial charge in [0.2, 0.25) is 0 Å². The molecular weight excluding hydrogens is 469 g/mol. The first-order valence-electron chi connectivity index (χ1n) is 9.65. The molecule has 158 valence electrons. The van der Waals surface area contributed by atoms with Crippen LogP contribution in [0.5, 0.6) is 0 Å². The predicted octanol–water partition coefficient (Wildman–Crippen LogP) is 1.78. The number of hydrogen-bond donors (Lipinski definition) is 2. The number of halogens is 1. The Bertz CT molecular complexity index is 616. The molecule has 0 saturated carbocycles. The molecule has 0 bridgehead atoms. The fourth-order valence-corrected chi connectivity index (χ4v) is 2.91. The average molecular weight is 503 g/mol. The van der Waals surface area contributed by atoms with Crippen LogP contribution in [0, 0.1) is 0 Å². The second kappa shape index (κ2) is 12.9. The Labute approximate surface area is 185 Å². The van der Waals surface area contributed by atoms with E-state index in [2.05, 4.69) is 34.4 Å². The molecule has 1 atom stereocenters. The third kappa shape index (κ3) is 7.92. The smallest absolute Gasteiger partial charge is 0.253 e. The molecule has 0 aromatic heterocycles. The number of nitrogens with zero attached hydrogens (tertiary/aromatic N) is 3. The lowest BCUT2D eigenvalue weighted by molar-refractivity contribution is 0.0211. The number of amides is 1. The van der Waals surface area contributed by atoms with Gasteiger partial charge in [0.05, 0.1) is 19.8 Å². The number of rotatable bonds is 7. The summed E-state index contributed by atoms with van der Waals surface area (Å²) >= 11 is 0. The summed E-state index contributed by atoms with van der Waals surface area (Å²) in [7, 11) is 3.51. The number of guanidine groups is 1. The monoisotopic (exact) mass is 503 g/mol. The number of benzene rings is 1. The molecule has 8 heteroatoms. The molecular formula is C20H34IN5O2. The maximum Gasteiger partial charge on any atom is 0.253 e. The van der Waals surface area contributed by atoms with Crippen LogP contribution in [0.15, 0.2) is 29.3 Å². The lowest BCUT2D eigenvalue weighted by atomic mass is 10.1. The van der Waals surface area contributed by atoms with Crippen molar-refractivity contribution in [3.8, 4) is 0 Å². The zero-order valence-corrected chi connectivity index (χ0v) is 19.7. The number of morpholine rings is 1. The van der Waals surface area contributed by atoms with E-state index in [-0.39, 0.29) is 29.9 Å². The van der Waals surface area contributed by atoms with E-state index < -0.39 is 0 Å². The highest BCUT2D eigenvalue weighted by atomic mass is 127. The van der Waals surface area contributed by atoms with Gasteiger partial charge in [-0.15, -0.1) is 24.0 Å². The second-order valence-electron chi connectivity index (χ2n) is 6.97. The Kier molecular flexibility index (Phi) is 11.4. The van der Waals surface area contributed by atoms with Gasteiger partial charge in [0.25, 0.3) is 5.91 Å². The summed E-state index contributed by atoms with van der Waals surface area (Å²) in [6.45, 7) is 10.1. The Morgan fingerprint density at radius 3 is 2.43 bits per heavy atom. The zero-order valence-electron chi connectivity index (χ0n) is 17.4.